The summed E-state index contributed by atoms with van der Waals surface area (Å²) in [5, 5.41) is 13.2. The minimum Gasteiger partial charge on any atom is -0.491 e. The van der Waals surface area contributed by atoms with Crippen molar-refractivity contribution in [3.63, 3.8) is 0 Å². The molecule has 1 amide bonds. The summed E-state index contributed by atoms with van der Waals surface area (Å²) in [5.74, 6) is 0.655. The quantitative estimate of drug-likeness (QED) is 0.731. The number of hydrogen-bond donors (Lipinski definition) is 2. The maximum Gasteiger partial charge on any atom is 0.238 e. The van der Waals surface area contributed by atoms with Gasteiger partial charge in [-0.25, -0.2) is 0 Å². The Morgan fingerprint density at radius 2 is 1.54 bits per heavy atom. The second kappa shape index (κ2) is 9.71. The van der Waals surface area contributed by atoms with Crippen LogP contribution in [0.25, 0.3) is 0 Å². The van der Waals surface area contributed by atoms with Crippen molar-refractivity contribution >= 4 is 11.6 Å². The Hall–Kier alpha value is -2.37. The molecule has 1 atom stereocenters. The van der Waals surface area contributed by atoms with Crippen molar-refractivity contribution in [1.29, 1.82) is 0 Å². The lowest BCUT2D eigenvalue weighted by molar-refractivity contribution is -0.117. The van der Waals surface area contributed by atoms with Gasteiger partial charge in [-0.2, -0.15) is 0 Å². The lowest BCUT2D eigenvalue weighted by atomic mass is 10.1. The van der Waals surface area contributed by atoms with E-state index in [1.807, 2.05) is 53.8 Å². The Balaban J connectivity index is 1.82. The number of aliphatic hydroxyl groups excluding tert-OH is 1. The number of carbonyl (C=O) groups is 1. The zero-order valence-corrected chi connectivity index (χ0v) is 17.8. The van der Waals surface area contributed by atoms with Crippen LogP contribution in [0.4, 0.5) is 5.69 Å². The standard InChI is InChI=1S/C23H32N2O3/c1-15-7-16(2)11-21(10-15)28-14-20(26)12-25(6)13-22(27)24-23-18(4)8-17(3)9-19(23)5/h7-11,20,26H,12-14H2,1-6H3,(H,24,27). The van der Waals surface area contributed by atoms with Gasteiger partial charge in [-0.05, 0) is 76.1 Å². The monoisotopic (exact) mass is 384 g/mol. The second-order valence-electron chi connectivity index (χ2n) is 7.81. The average molecular weight is 385 g/mol. The molecule has 0 bridgehead atoms. The molecule has 2 rings (SSSR count). The van der Waals surface area contributed by atoms with Crippen LogP contribution in [0, 0.1) is 34.6 Å². The molecule has 2 N–H and O–H groups in total. The summed E-state index contributed by atoms with van der Waals surface area (Å²) in [6.07, 6.45) is -0.679. The topological polar surface area (TPSA) is 61.8 Å². The minimum absolute atomic E-state index is 0.0972. The lowest BCUT2D eigenvalue weighted by Gasteiger charge is -2.21. The van der Waals surface area contributed by atoms with E-state index in [2.05, 4.69) is 23.5 Å². The van der Waals surface area contributed by atoms with E-state index in [1.54, 1.807) is 4.90 Å². The number of carbonyl (C=O) groups excluding carboxylic acids is 1. The number of likely N-dealkylation sites (N-methyl/N-ethyl adjacent to an activating group) is 1. The van der Waals surface area contributed by atoms with Gasteiger partial charge in [0.15, 0.2) is 0 Å². The number of ether oxygens (including phenoxy) is 1. The highest BCUT2D eigenvalue weighted by Gasteiger charge is 2.14. The molecule has 0 radical (unpaired) electrons. The largest absolute Gasteiger partial charge is 0.491 e. The van der Waals surface area contributed by atoms with Gasteiger partial charge in [-0.15, -0.1) is 0 Å². The second-order valence-corrected chi connectivity index (χ2v) is 7.81. The molecule has 2 aromatic rings. The van der Waals surface area contributed by atoms with Crippen molar-refractivity contribution < 1.29 is 14.6 Å². The van der Waals surface area contributed by atoms with Crippen LogP contribution in [0.2, 0.25) is 0 Å². The molecule has 5 heteroatoms. The van der Waals surface area contributed by atoms with E-state index in [0.29, 0.717) is 6.54 Å². The fourth-order valence-corrected chi connectivity index (χ4v) is 3.49. The van der Waals surface area contributed by atoms with E-state index in [9.17, 15) is 9.90 Å². The first-order chi connectivity index (χ1) is 13.1. The molecule has 28 heavy (non-hydrogen) atoms. The number of aliphatic hydroxyl groups is 1. The molecule has 0 aromatic heterocycles. The van der Waals surface area contributed by atoms with Crippen molar-refractivity contribution in [2.24, 2.45) is 0 Å². The molecule has 0 fully saturated rings. The van der Waals surface area contributed by atoms with Crippen LogP contribution >= 0.6 is 0 Å². The molecular weight excluding hydrogens is 352 g/mol. The first-order valence-electron chi connectivity index (χ1n) is 9.59. The third-order valence-electron chi connectivity index (χ3n) is 4.51. The highest BCUT2D eigenvalue weighted by molar-refractivity contribution is 5.93. The van der Waals surface area contributed by atoms with E-state index in [-0.39, 0.29) is 19.1 Å². The van der Waals surface area contributed by atoms with Crippen molar-refractivity contribution in [2.45, 2.75) is 40.7 Å². The van der Waals surface area contributed by atoms with Crippen LogP contribution in [0.1, 0.15) is 27.8 Å². The van der Waals surface area contributed by atoms with E-state index in [1.165, 1.54) is 5.56 Å². The summed E-state index contributed by atoms with van der Waals surface area (Å²) < 4.78 is 5.70. The van der Waals surface area contributed by atoms with Gasteiger partial charge < -0.3 is 15.2 Å². The molecule has 0 saturated heterocycles. The van der Waals surface area contributed by atoms with Gasteiger partial charge in [0.25, 0.3) is 0 Å². The van der Waals surface area contributed by atoms with Gasteiger partial charge in [0, 0.05) is 12.2 Å². The SMILES string of the molecule is Cc1cc(C)cc(OCC(O)CN(C)CC(=O)Nc2c(C)cc(C)cc2C)c1. The van der Waals surface area contributed by atoms with Crippen molar-refractivity contribution in [1.82, 2.24) is 4.90 Å². The fraction of sp³-hybridized carbons (Fsp3) is 0.435. The zero-order chi connectivity index (χ0) is 20.8. The Kier molecular flexibility index (Phi) is 7.61. The normalized spacial score (nSPS) is 12.1. The predicted octanol–water partition coefficient (Wildman–Crippen LogP) is 3.54. The fourth-order valence-electron chi connectivity index (χ4n) is 3.49. The van der Waals surface area contributed by atoms with Gasteiger partial charge in [-0.1, -0.05) is 23.8 Å². The van der Waals surface area contributed by atoms with Gasteiger partial charge in [-0.3, -0.25) is 9.69 Å². The molecule has 1 unspecified atom stereocenters. The third kappa shape index (κ3) is 6.66. The van der Waals surface area contributed by atoms with E-state index >= 15 is 0 Å². The van der Waals surface area contributed by atoms with Crippen LogP contribution in [0.15, 0.2) is 30.3 Å². The maximum atomic E-state index is 12.4. The summed E-state index contributed by atoms with van der Waals surface area (Å²) in [6, 6.07) is 10.1. The zero-order valence-electron chi connectivity index (χ0n) is 17.8. The Morgan fingerprint density at radius 3 is 2.11 bits per heavy atom. The van der Waals surface area contributed by atoms with Crippen molar-refractivity contribution in [3.8, 4) is 5.75 Å². The molecular formula is C23H32N2O3. The number of rotatable bonds is 8. The lowest BCUT2D eigenvalue weighted by Crippen LogP contribution is -2.38. The molecule has 0 heterocycles. The minimum atomic E-state index is -0.679. The molecule has 0 aliphatic carbocycles. The Labute approximate surface area is 168 Å². The smallest absolute Gasteiger partial charge is 0.238 e. The molecule has 2 aromatic carbocycles. The number of nitrogens with zero attached hydrogens (tertiary/aromatic N) is 1. The van der Waals surface area contributed by atoms with Crippen LogP contribution in [0.5, 0.6) is 5.75 Å². The van der Waals surface area contributed by atoms with E-state index < -0.39 is 6.10 Å². The van der Waals surface area contributed by atoms with E-state index in [4.69, 9.17) is 4.74 Å². The number of benzene rings is 2. The first kappa shape index (κ1) is 21.9. The molecule has 0 spiro atoms. The first-order valence-corrected chi connectivity index (χ1v) is 9.59. The molecule has 152 valence electrons. The van der Waals surface area contributed by atoms with Gasteiger partial charge >= 0.3 is 0 Å². The molecule has 0 saturated carbocycles. The van der Waals surface area contributed by atoms with Crippen LogP contribution in [-0.2, 0) is 4.79 Å². The average Bonchev–Trinajstić information content (AvgIpc) is 2.55. The summed E-state index contributed by atoms with van der Waals surface area (Å²) in [6.45, 7) is 10.8. The predicted molar refractivity (Wildman–Crippen MR) is 114 cm³/mol. The van der Waals surface area contributed by atoms with Gasteiger partial charge in [0.05, 0.1) is 6.54 Å². The van der Waals surface area contributed by atoms with Crippen molar-refractivity contribution in [3.05, 3.63) is 58.1 Å². The molecule has 5 nitrogen and oxygen atoms in total. The van der Waals surface area contributed by atoms with Crippen molar-refractivity contribution in [2.75, 3.05) is 32.1 Å². The highest BCUT2D eigenvalue weighted by atomic mass is 16.5. The summed E-state index contributed by atoms with van der Waals surface area (Å²) in [5.41, 5.74) is 6.39. The highest BCUT2D eigenvalue weighted by Crippen LogP contribution is 2.22. The van der Waals surface area contributed by atoms with Crippen LogP contribution in [0.3, 0.4) is 0 Å². The Bertz CT molecular complexity index is 789. The maximum absolute atomic E-state index is 12.4. The summed E-state index contributed by atoms with van der Waals surface area (Å²) >= 11 is 0. The van der Waals surface area contributed by atoms with E-state index in [0.717, 1.165) is 33.7 Å². The van der Waals surface area contributed by atoms with Crippen LogP contribution in [-0.4, -0.2) is 48.8 Å². The number of aryl methyl sites for hydroxylation is 5. The van der Waals surface area contributed by atoms with Gasteiger partial charge in [0.1, 0.15) is 18.5 Å². The third-order valence-corrected chi connectivity index (χ3v) is 4.51. The Morgan fingerprint density at radius 1 is 1.00 bits per heavy atom. The number of anilines is 1. The molecule has 0 aliphatic heterocycles. The number of hydrogen-bond acceptors (Lipinski definition) is 4. The number of nitrogens with one attached hydrogen (secondary N) is 1. The number of amides is 1. The van der Waals surface area contributed by atoms with Crippen LogP contribution < -0.4 is 10.1 Å². The van der Waals surface area contributed by atoms with Gasteiger partial charge in [0.2, 0.25) is 5.91 Å². The summed E-state index contributed by atoms with van der Waals surface area (Å²) in [7, 11) is 1.81. The molecule has 0 aliphatic rings. The summed E-state index contributed by atoms with van der Waals surface area (Å²) in [4.78, 5) is 14.2.